The van der Waals surface area contributed by atoms with Crippen molar-refractivity contribution in [2.75, 3.05) is 0 Å². The second kappa shape index (κ2) is 7.94. The van der Waals surface area contributed by atoms with Crippen molar-refractivity contribution in [2.45, 2.75) is 32.1 Å². The van der Waals surface area contributed by atoms with Crippen molar-refractivity contribution < 1.29 is 18.0 Å². The molecule has 1 amide bonds. The first-order valence-electron chi connectivity index (χ1n) is 9.24. The minimum atomic E-state index is -4.38. The molecule has 3 heterocycles. The molecule has 6 nitrogen and oxygen atoms in total. The van der Waals surface area contributed by atoms with Crippen LogP contribution in [0.5, 0.6) is 0 Å². The van der Waals surface area contributed by atoms with Gasteiger partial charge >= 0.3 is 6.18 Å². The molecule has 4 rings (SSSR count). The number of hydrogen-bond donors (Lipinski definition) is 1. The molecule has 0 spiro atoms. The first-order chi connectivity index (χ1) is 14.3. The molecule has 0 fully saturated rings. The Labute approximate surface area is 174 Å². The Hall–Kier alpha value is -3.14. The smallest absolute Gasteiger partial charge is 0.348 e. The summed E-state index contributed by atoms with van der Waals surface area (Å²) >= 11 is 1.30. The molecule has 0 saturated carbocycles. The summed E-state index contributed by atoms with van der Waals surface area (Å²) in [5, 5.41) is 8.82. The Bertz CT molecular complexity index is 1150. The summed E-state index contributed by atoms with van der Waals surface area (Å²) in [5.74, 6) is -0.231. The zero-order chi connectivity index (χ0) is 21.3. The van der Waals surface area contributed by atoms with E-state index in [2.05, 4.69) is 15.4 Å². The molecule has 30 heavy (non-hydrogen) atoms. The predicted molar refractivity (Wildman–Crippen MR) is 107 cm³/mol. The number of nitrogens with zero attached hydrogens (tertiary/aromatic N) is 4. The summed E-state index contributed by atoms with van der Waals surface area (Å²) in [6, 6.07) is 6.60. The Morgan fingerprint density at radius 1 is 1.27 bits per heavy atom. The van der Waals surface area contributed by atoms with Crippen LogP contribution in [0.4, 0.5) is 13.2 Å². The Kier molecular flexibility index (Phi) is 5.33. The first-order valence-corrected chi connectivity index (χ1v) is 10.1. The fourth-order valence-corrected chi connectivity index (χ4v) is 3.90. The number of imidazole rings is 1. The number of carbonyl (C=O) groups is 1. The van der Waals surface area contributed by atoms with E-state index in [1.807, 2.05) is 19.2 Å². The van der Waals surface area contributed by atoms with Gasteiger partial charge in [0.1, 0.15) is 5.69 Å². The third-order valence-corrected chi connectivity index (χ3v) is 5.52. The van der Waals surface area contributed by atoms with Gasteiger partial charge in [0.05, 0.1) is 11.3 Å². The van der Waals surface area contributed by atoms with Gasteiger partial charge < -0.3 is 5.32 Å². The summed E-state index contributed by atoms with van der Waals surface area (Å²) in [5.41, 5.74) is 0.789. The standard InChI is InChI=1S/C20H18F3N5OS/c1-13(7-10-27-9-2-8-24-27)25-18(29)17-12-30-19-26-16(11-28(17)19)14-3-5-15(6-4-14)20(21,22)23/h2-6,8-9,11-13H,7,10H2,1H3,(H,25,29). The lowest BCUT2D eigenvalue weighted by Gasteiger charge is -2.13. The van der Waals surface area contributed by atoms with E-state index in [-0.39, 0.29) is 11.9 Å². The number of halogens is 3. The Morgan fingerprint density at radius 3 is 2.70 bits per heavy atom. The van der Waals surface area contributed by atoms with Crippen molar-refractivity contribution in [1.29, 1.82) is 0 Å². The van der Waals surface area contributed by atoms with Crippen molar-refractivity contribution in [3.8, 4) is 11.3 Å². The van der Waals surface area contributed by atoms with E-state index in [1.54, 1.807) is 26.9 Å². The average Bonchev–Trinajstić information content (AvgIpc) is 3.42. The van der Waals surface area contributed by atoms with Crippen LogP contribution >= 0.6 is 11.3 Å². The number of nitrogens with one attached hydrogen (secondary N) is 1. The van der Waals surface area contributed by atoms with Gasteiger partial charge in [0.15, 0.2) is 4.96 Å². The third kappa shape index (κ3) is 4.23. The van der Waals surface area contributed by atoms with Gasteiger partial charge in [0, 0.05) is 42.1 Å². The number of aryl methyl sites for hydroxylation is 1. The van der Waals surface area contributed by atoms with Gasteiger partial charge in [-0.25, -0.2) is 4.98 Å². The molecule has 3 aromatic heterocycles. The number of benzene rings is 1. The van der Waals surface area contributed by atoms with Crippen molar-refractivity contribution in [3.05, 3.63) is 65.6 Å². The predicted octanol–water partition coefficient (Wildman–Crippen LogP) is 4.49. The lowest BCUT2D eigenvalue weighted by atomic mass is 10.1. The van der Waals surface area contributed by atoms with Gasteiger partial charge in [-0.1, -0.05) is 12.1 Å². The monoisotopic (exact) mass is 433 g/mol. The highest BCUT2D eigenvalue weighted by atomic mass is 32.1. The van der Waals surface area contributed by atoms with Crippen LogP contribution in [-0.2, 0) is 12.7 Å². The summed E-state index contributed by atoms with van der Waals surface area (Å²) in [7, 11) is 0. The molecule has 0 saturated heterocycles. The lowest BCUT2D eigenvalue weighted by molar-refractivity contribution is -0.137. The van der Waals surface area contributed by atoms with E-state index in [1.165, 1.54) is 23.5 Å². The maximum absolute atomic E-state index is 12.8. The van der Waals surface area contributed by atoms with Gasteiger partial charge in [-0.3, -0.25) is 13.9 Å². The molecule has 0 radical (unpaired) electrons. The van der Waals surface area contributed by atoms with Gasteiger partial charge in [-0.15, -0.1) is 11.3 Å². The summed E-state index contributed by atoms with van der Waals surface area (Å²) in [6.45, 7) is 2.61. The van der Waals surface area contributed by atoms with Gasteiger partial charge in [-0.05, 0) is 31.5 Å². The zero-order valence-electron chi connectivity index (χ0n) is 15.9. The van der Waals surface area contributed by atoms with E-state index in [9.17, 15) is 18.0 Å². The normalized spacial score (nSPS) is 12.9. The molecule has 0 aliphatic heterocycles. The summed E-state index contributed by atoms with van der Waals surface area (Å²) in [4.78, 5) is 17.7. The van der Waals surface area contributed by atoms with Crippen LogP contribution in [-0.4, -0.2) is 31.1 Å². The maximum Gasteiger partial charge on any atom is 0.416 e. The van der Waals surface area contributed by atoms with E-state index in [0.717, 1.165) is 18.6 Å². The first kappa shape index (κ1) is 20.1. The second-order valence-electron chi connectivity index (χ2n) is 6.91. The molecule has 0 aliphatic rings. The van der Waals surface area contributed by atoms with Crippen LogP contribution in [0.2, 0.25) is 0 Å². The number of alkyl halides is 3. The molecule has 4 aromatic rings. The summed E-state index contributed by atoms with van der Waals surface area (Å²) < 4.78 is 41.7. The van der Waals surface area contributed by atoms with E-state index in [0.29, 0.717) is 28.5 Å². The Balaban J connectivity index is 1.47. The lowest BCUT2D eigenvalue weighted by Crippen LogP contribution is -2.34. The van der Waals surface area contributed by atoms with Crippen molar-refractivity contribution in [2.24, 2.45) is 0 Å². The molecule has 0 bridgehead atoms. The SMILES string of the molecule is CC(CCn1cccn1)NC(=O)c1csc2nc(-c3ccc(C(F)(F)F)cc3)cn12. The van der Waals surface area contributed by atoms with Crippen LogP contribution in [0.3, 0.4) is 0 Å². The van der Waals surface area contributed by atoms with Crippen LogP contribution in [0.25, 0.3) is 16.2 Å². The highest BCUT2D eigenvalue weighted by Gasteiger charge is 2.30. The number of fused-ring (bicyclic) bond motifs is 1. The molecule has 156 valence electrons. The van der Waals surface area contributed by atoms with E-state index >= 15 is 0 Å². The van der Waals surface area contributed by atoms with E-state index in [4.69, 9.17) is 0 Å². The number of amides is 1. The van der Waals surface area contributed by atoms with Gasteiger partial charge in [0.2, 0.25) is 0 Å². The fraction of sp³-hybridized carbons (Fsp3) is 0.250. The second-order valence-corrected chi connectivity index (χ2v) is 7.74. The minimum absolute atomic E-state index is 0.0606. The highest BCUT2D eigenvalue weighted by Crippen LogP contribution is 2.31. The molecule has 10 heteroatoms. The zero-order valence-corrected chi connectivity index (χ0v) is 16.7. The minimum Gasteiger partial charge on any atom is -0.348 e. The molecule has 1 atom stereocenters. The van der Waals surface area contributed by atoms with Gasteiger partial charge in [-0.2, -0.15) is 18.3 Å². The highest BCUT2D eigenvalue weighted by molar-refractivity contribution is 7.15. The number of rotatable bonds is 6. The molecule has 1 unspecified atom stereocenters. The molecule has 1 aromatic carbocycles. The number of thiazole rings is 1. The molecular weight excluding hydrogens is 415 g/mol. The largest absolute Gasteiger partial charge is 0.416 e. The summed E-state index contributed by atoms with van der Waals surface area (Å²) in [6.07, 6.45) is 1.58. The van der Waals surface area contributed by atoms with Crippen molar-refractivity contribution >= 4 is 22.2 Å². The number of aromatic nitrogens is 4. The molecule has 1 N–H and O–H groups in total. The van der Waals surface area contributed by atoms with Crippen LogP contribution < -0.4 is 5.32 Å². The number of carbonyl (C=O) groups excluding carboxylic acids is 1. The maximum atomic E-state index is 12.8. The fourth-order valence-electron chi connectivity index (χ4n) is 3.04. The molecular formula is C20H18F3N5OS. The van der Waals surface area contributed by atoms with E-state index < -0.39 is 11.7 Å². The van der Waals surface area contributed by atoms with Crippen molar-refractivity contribution in [3.63, 3.8) is 0 Å². The average molecular weight is 433 g/mol. The van der Waals surface area contributed by atoms with Crippen molar-refractivity contribution in [1.82, 2.24) is 24.5 Å². The molecule has 0 aliphatic carbocycles. The quantitative estimate of drug-likeness (QED) is 0.487. The third-order valence-electron chi connectivity index (χ3n) is 4.68. The number of hydrogen-bond acceptors (Lipinski definition) is 4. The van der Waals surface area contributed by atoms with Gasteiger partial charge in [0.25, 0.3) is 5.91 Å². The topological polar surface area (TPSA) is 64.2 Å². The Morgan fingerprint density at radius 2 is 2.03 bits per heavy atom. The van der Waals surface area contributed by atoms with Crippen LogP contribution in [0, 0.1) is 0 Å². The van der Waals surface area contributed by atoms with Crippen LogP contribution in [0.15, 0.2) is 54.3 Å². The van der Waals surface area contributed by atoms with Crippen LogP contribution in [0.1, 0.15) is 29.4 Å².